The third-order valence-corrected chi connectivity index (χ3v) is 2.73. The number of carbonyl (C=O) groups is 1. The van der Waals surface area contributed by atoms with E-state index in [9.17, 15) is 4.79 Å². The first kappa shape index (κ1) is 15.5. The van der Waals surface area contributed by atoms with Gasteiger partial charge in [-0.05, 0) is 20.1 Å². The molecule has 0 saturated heterocycles. The number of hydrazine groups is 1. The van der Waals surface area contributed by atoms with Gasteiger partial charge in [-0.25, -0.2) is 5.01 Å². The molecule has 0 aromatic carbocycles. The second-order valence-electron chi connectivity index (χ2n) is 4.45. The van der Waals surface area contributed by atoms with Gasteiger partial charge in [0, 0.05) is 27.1 Å². The van der Waals surface area contributed by atoms with E-state index in [4.69, 9.17) is 0 Å². The number of aromatic nitrogens is 3. The highest BCUT2D eigenvalue weighted by Gasteiger charge is 2.18. The molecule has 1 aromatic rings. The molecule has 1 amide bonds. The fraction of sp³-hybridized carbons (Fsp3) is 0.636. The Balaban J connectivity index is 3.21. The normalized spacial score (nSPS) is 10.5. The summed E-state index contributed by atoms with van der Waals surface area (Å²) in [4.78, 5) is 26.1. The first-order valence-electron chi connectivity index (χ1n) is 5.89. The largest absolute Gasteiger partial charge is 0.347 e. The van der Waals surface area contributed by atoms with E-state index in [0.717, 1.165) is 0 Å². The molecule has 0 atom stereocenters. The predicted molar refractivity (Wildman–Crippen MR) is 77.4 cm³/mol. The first-order chi connectivity index (χ1) is 8.85. The number of hydrogen-bond donors (Lipinski definition) is 1. The monoisotopic (exact) mass is 284 g/mol. The van der Waals surface area contributed by atoms with Gasteiger partial charge < -0.3 is 4.90 Å². The minimum atomic E-state index is -0.161. The molecule has 106 valence electrons. The summed E-state index contributed by atoms with van der Waals surface area (Å²) in [7, 11) is 3.72. The maximum Gasteiger partial charge on any atom is 0.250 e. The third-order valence-electron chi connectivity index (χ3n) is 2.18. The summed E-state index contributed by atoms with van der Waals surface area (Å²) in [5, 5.41) is 2.25. The molecule has 0 fully saturated rings. The van der Waals surface area contributed by atoms with Crippen LogP contribution in [0.4, 0.5) is 11.9 Å². The Kier molecular flexibility index (Phi) is 5.34. The summed E-state index contributed by atoms with van der Waals surface area (Å²) in [6, 6.07) is 0.0380. The molecule has 0 spiro atoms. The molecule has 0 aliphatic rings. The molecule has 0 bridgehead atoms. The molecule has 1 heterocycles. The van der Waals surface area contributed by atoms with Crippen LogP contribution in [0.2, 0.25) is 0 Å². The fourth-order valence-corrected chi connectivity index (χ4v) is 1.66. The Bertz CT molecular complexity index is 451. The van der Waals surface area contributed by atoms with Crippen LogP contribution in [0.1, 0.15) is 20.8 Å². The Morgan fingerprint density at radius 1 is 1.21 bits per heavy atom. The van der Waals surface area contributed by atoms with Gasteiger partial charge in [-0.1, -0.05) is 11.8 Å². The van der Waals surface area contributed by atoms with Crippen molar-refractivity contribution >= 4 is 29.6 Å². The molecule has 0 aliphatic heterocycles. The van der Waals surface area contributed by atoms with E-state index in [2.05, 4.69) is 20.4 Å². The number of amides is 1. The zero-order valence-corrected chi connectivity index (χ0v) is 12.9. The highest BCUT2D eigenvalue weighted by molar-refractivity contribution is 7.98. The van der Waals surface area contributed by atoms with Crippen LogP contribution in [0.5, 0.6) is 0 Å². The van der Waals surface area contributed by atoms with Crippen molar-refractivity contribution in [2.24, 2.45) is 0 Å². The zero-order chi connectivity index (χ0) is 14.6. The molecular formula is C11H20N6OS. The topological polar surface area (TPSA) is 74.2 Å². The van der Waals surface area contributed by atoms with Crippen LogP contribution in [-0.2, 0) is 4.79 Å². The van der Waals surface area contributed by atoms with Crippen molar-refractivity contribution in [3.63, 3.8) is 0 Å². The second kappa shape index (κ2) is 6.55. The predicted octanol–water partition coefficient (Wildman–Crippen LogP) is 0.925. The molecule has 0 saturated carbocycles. The molecule has 0 unspecified atom stereocenters. The van der Waals surface area contributed by atoms with Crippen LogP contribution in [0.15, 0.2) is 5.16 Å². The SMILES string of the molecule is CSc1nc(N(C)C)nc(N(NC(C)=O)C(C)C)n1. The van der Waals surface area contributed by atoms with E-state index >= 15 is 0 Å². The average molecular weight is 284 g/mol. The minimum absolute atomic E-state index is 0.0380. The highest BCUT2D eigenvalue weighted by Crippen LogP contribution is 2.18. The van der Waals surface area contributed by atoms with Gasteiger partial charge in [0.25, 0.3) is 5.95 Å². The Morgan fingerprint density at radius 3 is 2.21 bits per heavy atom. The average Bonchev–Trinajstić information content (AvgIpc) is 2.34. The number of nitrogens with zero attached hydrogens (tertiary/aromatic N) is 5. The maximum atomic E-state index is 11.3. The third kappa shape index (κ3) is 4.23. The fourth-order valence-electron chi connectivity index (χ4n) is 1.31. The number of thioether (sulfide) groups is 1. The van der Waals surface area contributed by atoms with Crippen molar-refractivity contribution < 1.29 is 4.79 Å². The zero-order valence-electron chi connectivity index (χ0n) is 12.1. The van der Waals surface area contributed by atoms with E-state index in [1.807, 2.05) is 34.2 Å². The number of nitrogens with one attached hydrogen (secondary N) is 1. The van der Waals surface area contributed by atoms with Crippen LogP contribution in [-0.4, -0.2) is 47.3 Å². The molecule has 1 aromatic heterocycles. The summed E-state index contributed by atoms with van der Waals surface area (Å²) in [5.41, 5.74) is 2.73. The smallest absolute Gasteiger partial charge is 0.250 e. The lowest BCUT2D eigenvalue weighted by Crippen LogP contribution is -2.47. The van der Waals surface area contributed by atoms with Crippen molar-refractivity contribution in [3.05, 3.63) is 0 Å². The van der Waals surface area contributed by atoms with Crippen molar-refractivity contribution in [2.45, 2.75) is 32.0 Å². The van der Waals surface area contributed by atoms with Crippen LogP contribution in [0.3, 0.4) is 0 Å². The van der Waals surface area contributed by atoms with Gasteiger partial charge in [0.05, 0.1) is 0 Å². The van der Waals surface area contributed by atoms with Crippen LogP contribution in [0, 0.1) is 0 Å². The molecule has 8 heteroatoms. The van der Waals surface area contributed by atoms with Crippen molar-refractivity contribution in [1.82, 2.24) is 20.4 Å². The van der Waals surface area contributed by atoms with Gasteiger partial charge in [-0.15, -0.1) is 0 Å². The van der Waals surface area contributed by atoms with Gasteiger partial charge in [0.2, 0.25) is 11.9 Å². The van der Waals surface area contributed by atoms with Gasteiger partial charge in [0.1, 0.15) is 0 Å². The second-order valence-corrected chi connectivity index (χ2v) is 5.22. The Hall–Kier alpha value is -1.57. The molecule has 1 N–H and O–H groups in total. The molecule has 19 heavy (non-hydrogen) atoms. The lowest BCUT2D eigenvalue weighted by Gasteiger charge is -2.27. The summed E-state index contributed by atoms with van der Waals surface area (Å²) in [6.07, 6.45) is 1.90. The molecule has 1 rings (SSSR count). The van der Waals surface area contributed by atoms with Crippen molar-refractivity contribution in [2.75, 3.05) is 30.3 Å². The Morgan fingerprint density at radius 2 is 1.79 bits per heavy atom. The van der Waals surface area contributed by atoms with E-state index in [-0.39, 0.29) is 11.9 Å². The summed E-state index contributed by atoms with van der Waals surface area (Å²) in [6.45, 7) is 5.36. The van der Waals surface area contributed by atoms with Crippen LogP contribution < -0.4 is 15.3 Å². The van der Waals surface area contributed by atoms with Crippen LogP contribution in [0.25, 0.3) is 0 Å². The Labute approximate surface area is 117 Å². The number of hydrogen-bond acceptors (Lipinski definition) is 7. The lowest BCUT2D eigenvalue weighted by molar-refractivity contribution is -0.119. The summed E-state index contributed by atoms with van der Waals surface area (Å²) in [5.74, 6) is 0.838. The molecule has 0 radical (unpaired) electrons. The van der Waals surface area contributed by atoms with Crippen molar-refractivity contribution in [1.29, 1.82) is 0 Å². The quantitative estimate of drug-likeness (QED) is 0.636. The minimum Gasteiger partial charge on any atom is -0.347 e. The van der Waals surface area contributed by atoms with E-state index in [0.29, 0.717) is 17.1 Å². The van der Waals surface area contributed by atoms with E-state index in [1.165, 1.54) is 18.7 Å². The number of anilines is 2. The molecule has 7 nitrogen and oxygen atoms in total. The van der Waals surface area contributed by atoms with Gasteiger partial charge in [0.15, 0.2) is 5.16 Å². The summed E-state index contributed by atoms with van der Waals surface area (Å²) >= 11 is 1.43. The molecule has 0 aliphatic carbocycles. The standard InChI is InChI=1S/C11H20N6OS/c1-7(2)17(15-8(3)18)10-12-9(16(4)5)13-11(14-10)19-6/h7H,1-6H3,(H,15,18). The number of rotatable bonds is 5. The molecular weight excluding hydrogens is 264 g/mol. The van der Waals surface area contributed by atoms with E-state index in [1.54, 1.807) is 9.91 Å². The van der Waals surface area contributed by atoms with Gasteiger partial charge >= 0.3 is 0 Å². The maximum absolute atomic E-state index is 11.3. The van der Waals surface area contributed by atoms with E-state index < -0.39 is 0 Å². The van der Waals surface area contributed by atoms with Crippen LogP contribution >= 0.6 is 11.8 Å². The number of carbonyl (C=O) groups excluding carboxylic acids is 1. The first-order valence-corrected chi connectivity index (χ1v) is 7.11. The highest BCUT2D eigenvalue weighted by atomic mass is 32.2. The van der Waals surface area contributed by atoms with Crippen molar-refractivity contribution in [3.8, 4) is 0 Å². The summed E-state index contributed by atoms with van der Waals surface area (Å²) < 4.78 is 0. The van der Waals surface area contributed by atoms with Gasteiger partial charge in [-0.2, -0.15) is 15.0 Å². The van der Waals surface area contributed by atoms with Gasteiger partial charge in [-0.3, -0.25) is 10.2 Å². The lowest BCUT2D eigenvalue weighted by atomic mass is 10.4.